The normalized spacial score (nSPS) is 18.2. The third-order valence-corrected chi connectivity index (χ3v) is 9.14. The minimum atomic E-state index is -4.78. The van der Waals surface area contributed by atoms with Crippen LogP contribution in [0.25, 0.3) is 5.69 Å². The zero-order valence-corrected chi connectivity index (χ0v) is 29.5. The first-order valence-electron chi connectivity index (χ1n) is 15.7. The topological polar surface area (TPSA) is 98.1 Å². The van der Waals surface area contributed by atoms with Crippen molar-refractivity contribution in [3.8, 4) is 17.2 Å². The summed E-state index contributed by atoms with van der Waals surface area (Å²) in [6.45, 7) is 3.32. The van der Waals surface area contributed by atoms with Crippen molar-refractivity contribution in [1.29, 1.82) is 0 Å². The van der Waals surface area contributed by atoms with Crippen molar-refractivity contribution in [3.05, 3.63) is 95.3 Å². The van der Waals surface area contributed by atoms with Crippen LogP contribution in [0.2, 0.25) is 0 Å². The molecule has 0 saturated carbocycles. The van der Waals surface area contributed by atoms with E-state index in [9.17, 15) is 18.0 Å². The lowest BCUT2D eigenvalue weighted by atomic mass is 9.81. The number of piperazine rings is 2. The maximum absolute atomic E-state index is 13.8. The van der Waals surface area contributed by atoms with Crippen molar-refractivity contribution in [2.75, 3.05) is 60.7 Å². The van der Waals surface area contributed by atoms with E-state index in [1.807, 2.05) is 41.3 Å². The molecule has 0 N–H and O–H groups in total. The van der Waals surface area contributed by atoms with Crippen molar-refractivity contribution < 1.29 is 32.2 Å². The van der Waals surface area contributed by atoms with Gasteiger partial charge in [0.2, 0.25) is 5.91 Å². The second-order valence-corrected chi connectivity index (χ2v) is 11.9. The van der Waals surface area contributed by atoms with Crippen LogP contribution in [-0.2, 0) is 22.3 Å². The molecule has 3 aromatic carbocycles. The quantitative estimate of drug-likeness (QED) is 0.229. The first kappa shape index (κ1) is 38.8. The average Bonchev–Trinajstić information content (AvgIpc) is 3.60. The molecule has 4 aromatic rings. The van der Waals surface area contributed by atoms with Gasteiger partial charge in [0.05, 0.1) is 19.8 Å². The summed E-state index contributed by atoms with van der Waals surface area (Å²) in [6, 6.07) is 23.8. The maximum Gasteiger partial charge on any atom is 0.453 e. The lowest BCUT2D eigenvalue weighted by Gasteiger charge is -2.53. The van der Waals surface area contributed by atoms with E-state index in [0.717, 1.165) is 0 Å². The van der Waals surface area contributed by atoms with Crippen LogP contribution in [0, 0.1) is 0 Å². The molecule has 2 fully saturated rings. The van der Waals surface area contributed by atoms with Gasteiger partial charge in [-0.3, -0.25) is 14.6 Å². The summed E-state index contributed by atoms with van der Waals surface area (Å²) in [5.41, 5.74) is 2.94. The van der Waals surface area contributed by atoms with Crippen molar-refractivity contribution in [2.24, 2.45) is 0 Å². The number of tetrazole rings is 1. The highest BCUT2D eigenvalue weighted by Crippen LogP contribution is 2.40. The molecule has 3 heterocycles. The Morgan fingerprint density at radius 3 is 2.12 bits per heavy atom. The van der Waals surface area contributed by atoms with Gasteiger partial charge in [-0.05, 0) is 33.7 Å². The number of carbonyl (C=O) groups is 1. The van der Waals surface area contributed by atoms with Crippen LogP contribution in [0.3, 0.4) is 0 Å². The molecule has 0 bridgehead atoms. The number of benzene rings is 3. The largest absolute Gasteiger partial charge is 0.496 e. The summed E-state index contributed by atoms with van der Waals surface area (Å²) in [6.07, 6.45) is -4.78. The van der Waals surface area contributed by atoms with Crippen LogP contribution in [0.1, 0.15) is 28.4 Å². The lowest BCUT2D eigenvalue weighted by Crippen LogP contribution is -2.67. The molecule has 0 spiro atoms. The molecule has 0 aliphatic carbocycles. The van der Waals surface area contributed by atoms with Crippen LogP contribution < -0.4 is 9.47 Å². The van der Waals surface area contributed by atoms with E-state index in [4.69, 9.17) is 14.2 Å². The number of methoxy groups -OCH3 is 3. The van der Waals surface area contributed by atoms with Gasteiger partial charge in [0.15, 0.2) is 5.75 Å². The predicted molar refractivity (Wildman–Crippen MR) is 184 cm³/mol. The maximum atomic E-state index is 13.8. The zero-order chi connectivity index (χ0) is 33.8. The molecular weight excluding hydrogens is 698 g/mol. The van der Waals surface area contributed by atoms with E-state index in [2.05, 4.69) is 49.6 Å². The fraction of sp³-hybridized carbons (Fsp3) is 0.412. The third kappa shape index (κ3) is 8.00. The molecule has 16 heteroatoms. The van der Waals surface area contributed by atoms with Gasteiger partial charge >= 0.3 is 6.18 Å². The summed E-state index contributed by atoms with van der Waals surface area (Å²) in [5.74, 6) is -0.688. The Kier molecular flexibility index (Phi) is 13.1. The molecule has 1 amide bonds. The van der Waals surface area contributed by atoms with Crippen LogP contribution in [0.4, 0.5) is 13.2 Å². The van der Waals surface area contributed by atoms with Gasteiger partial charge in [0, 0.05) is 64.4 Å². The summed E-state index contributed by atoms with van der Waals surface area (Å²) >= 11 is 0. The highest BCUT2D eigenvalue weighted by molar-refractivity contribution is 5.85. The molecule has 2 saturated heterocycles. The Balaban J connectivity index is 0.00000281. The lowest BCUT2D eigenvalue weighted by molar-refractivity contribution is -0.146. The van der Waals surface area contributed by atoms with Crippen molar-refractivity contribution >= 4 is 30.7 Å². The van der Waals surface area contributed by atoms with Crippen molar-refractivity contribution in [2.45, 2.75) is 30.7 Å². The van der Waals surface area contributed by atoms with Gasteiger partial charge in [0.1, 0.15) is 18.0 Å². The van der Waals surface area contributed by atoms with Crippen LogP contribution in [-0.4, -0.2) is 114 Å². The van der Waals surface area contributed by atoms with Crippen LogP contribution in [0.5, 0.6) is 11.5 Å². The van der Waals surface area contributed by atoms with Gasteiger partial charge in [0.25, 0.3) is 5.82 Å². The fourth-order valence-corrected chi connectivity index (χ4v) is 7.12. The molecule has 2 aliphatic rings. The van der Waals surface area contributed by atoms with E-state index in [1.165, 1.54) is 38.5 Å². The van der Waals surface area contributed by atoms with Gasteiger partial charge in [-0.25, -0.2) is 0 Å². The number of aromatic nitrogens is 4. The molecule has 1 unspecified atom stereocenters. The predicted octanol–water partition coefficient (Wildman–Crippen LogP) is 4.72. The number of ether oxygens (including phenoxy) is 3. The Morgan fingerprint density at radius 1 is 0.880 bits per heavy atom. The van der Waals surface area contributed by atoms with Crippen LogP contribution >= 0.6 is 24.8 Å². The molecule has 2 atom stereocenters. The molecule has 6 rings (SSSR count). The third-order valence-electron chi connectivity index (χ3n) is 9.14. The molecule has 270 valence electrons. The Hall–Kier alpha value is -3.95. The standard InChI is InChI=1S/C34H38F3N7O4.2ClH/c1-46-22-30(45)42-16-17-43-25(19-42)18-41(21-28(43)31(23-10-6-4-7-11-23)24-12-8-5-9-13-24)20-26-29(47-2)15-14-27(32(26)48-3)44-33(34(35,36)37)38-39-40-44;;/h4-15,25,28,31H,16-22H2,1-3H3;2*1H/t25-,28?;;/m1../s1. The Labute approximate surface area is 301 Å². The zero-order valence-electron chi connectivity index (χ0n) is 27.8. The van der Waals surface area contributed by atoms with E-state index >= 15 is 0 Å². The van der Waals surface area contributed by atoms with E-state index in [-0.39, 0.29) is 66.8 Å². The number of hydrogen-bond acceptors (Lipinski definition) is 9. The van der Waals surface area contributed by atoms with E-state index in [0.29, 0.717) is 55.3 Å². The summed E-state index contributed by atoms with van der Waals surface area (Å²) < 4.78 is 58.8. The van der Waals surface area contributed by atoms with Gasteiger partial charge < -0.3 is 19.1 Å². The van der Waals surface area contributed by atoms with E-state index < -0.39 is 12.0 Å². The monoisotopic (exact) mass is 737 g/mol. The molecular formula is C34H40Cl2F3N7O4. The summed E-state index contributed by atoms with van der Waals surface area (Å²) in [4.78, 5) is 19.6. The van der Waals surface area contributed by atoms with E-state index in [1.54, 1.807) is 6.07 Å². The van der Waals surface area contributed by atoms with Gasteiger partial charge in [-0.1, -0.05) is 60.7 Å². The average molecular weight is 739 g/mol. The minimum absolute atomic E-state index is 0. The van der Waals surface area contributed by atoms with Crippen LogP contribution in [0.15, 0.2) is 72.8 Å². The molecule has 50 heavy (non-hydrogen) atoms. The Morgan fingerprint density at radius 2 is 1.54 bits per heavy atom. The number of carbonyl (C=O) groups excluding carboxylic acids is 1. The first-order valence-corrected chi connectivity index (χ1v) is 15.7. The van der Waals surface area contributed by atoms with Gasteiger partial charge in [-0.2, -0.15) is 17.9 Å². The fourth-order valence-electron chi connectivity index (χ4n) is 7.12. The number of amides is 1. The SMILES string of the molecule is COCC(=O)N1CCN2C(C(c3ccccc3)c3ccccc3)CN(Cc3c(OC)ccc(-n4nnnc4C(F)(F)F)c3OC)C[C@@H]2C1.Cl.Cl. The molecule has 0 radical (unpaired) electrons. The van der Waals surface area contributed by atoms with Crippen molar-refractivity contribution in [3.63, 3.8) is 0 Å². The number of hydrogen-bond donors (Lipinski definition) is 0. The second kappa shape index (κ2) is 16.8. The minimum Gasteiger partial charge on any atom is -0.496 e. The number of rotatable bonds is 10. The second-order valence-electron chi connectivity index (χ2n) is 11.9. The Bertz CT molecular complexity index is 1660. The number of fused-ring (bicyclic) bond motifs is 1. The smallest absolute Gasteiger partial charge is 0.453 e. The van der Waals surface area contributed by atoms with Crippen molar-refractivity contribution in [1.82, 2.24) is 34.9 Å². The summed E-state index contributed by atoms with van der Waals surface area (Å²) in [7, 11) is 4.43. The highest BCUT2D eigenvalue weighted by Gasteiger charge is 2.44. The highest BCUT2D eigenvalue weighted by atomic mass is 35.5. The first-order chi connectivity index (χ1) is 23.2. The number of nitrogens with zero attached hydrogens (tertiary/aromatic N) is 7. The summed E-state index contributed by atoms with van der Waals surface area (Å²) in [5, 5.41) is 10.2. The van der Waals surface area contributed by atoms with Gasteiger partial charge in [-0.15, -0.1) is 29.9 Å². The molecule has 11 nitrogen and oxygen atoms in total. The number of halogens is 5. The number of alkyl halides is 3. The molecule has 2 aliphatic heterocycles. The molecule has 1 aromatic heterocycles.